The molecule has 0 saturated heterocycles. The summed E-state index contributed by atoms with van der Waals surface area (Å²) in [6.45, 7) is 4.49. The van der Waals surface area contributed by atoms with Gasteiger partial charge in [0.15, 0.2) is 0 Å². The number of aromatic amines is 1. The first-order valence-corrected chi connectivity index (χ1v) is 10.8. The number of hydrogen-bond donors (Lipinski definition) is 3. The van der Waals surface area contributed by atoms with E-state index in [2.05, 4.69) is 33.8 Å². The van der Waals surface area contributed by atoms with E-state index in [-0.39, 0.29) is 11.8 Å². The summed E-state index contributed by atoms with van der Waals surface area (Å²) < 4.78 is 0. The van der Waals surface area contributed by atoms with E-state index >= 15 is 0 Å². The van der Waals surface area contributed by atoms with Gasteiger partial charge in [0, 0.05) is 35.6 Å². The first-order chi connectivity index (χ1) is 15.5. The Hall–Kier alpha value is -3.86. The third-order valence-corrected chi connectivity index (χ3v) is 5.50. The van der Waals surface area contributed by atoms with E-state index in [9.17, 15) is 9.59 Å². The molecule has 3 aromatic carbocycles. The molecule has 162 valence electrons. The van der Waals surface area contributed by atoms with Crippen LogP contribution in [0, 0.1) is 13.8 Å². The summed E-state index contributed by atoms with van der Waals surface area (Å²) in [5.41, 5.74) is 5.87. The van der Waals surface area contributed by atoms with Crippen molar-refractivity contribution in [2.45, 2.75) is 32.9 Å². The number of aromatic nitrogens is 1. The Balaban J connectivity index is 1.54. The Morgan fingerprint density at radius 3 is 2.34 bits per heavy atom. The van der Waals surface area contributed by atoms with Gasteiger partial charge in [-0.3, -0.25) is 9.59 Å². The Morgan fingerprint density at radius 1 is 0.906 bits per heavy atom. The lowest BCUT2D eigenvalue weighted by atomic mass is 10.0. The molecular weight excluding hydrogens is 398 g/mol. The summed E-state index contributed by atoms with van der Waals surface area (Å²) in [5.74, 6) is -0.476. The molecule has 5 heteroatoms. The van der Waals surface area contributed by atoms with E-state index in [4.69, 9.17) is 0 Å². The van der Waals surface area contributed by atoms with Crippen molar-refractivity contribution in [3.63, 3.8) is 0 Å². The summed E-state index contributed by atoms with van der Waals surface area (Å²) in [7, 11) is 0. The number of rotatable bonds is 7. The number of carbonyl (C=O) groups is 2. The van der Waals surface area contributed by atoms with Gasteiger partial charge in [-0.15, -0.1) is 0 Å². The Labute approximate surface area is 187 Å². The number of amides is 2. The molecule has 0 unspecified atom stereocenters. The normalized spacial score (nSPS) is 11.8. The summed E-state index contributed by atoms with van der Waals surface area (Å²) >= 11 is 0. The van der Waals surface area contributed by atoms with Gasteiger partial charge in [-0.1, -0.05) is 65.7 Å². The van der Waals surface area contributed by atoms with Crippen LogP contribution in [0.2, 0.25) is 0 Å². The second-order valence-corrected chi connectivity index (χ2v) is 8.17. The van der Waals surface area contributed by atoms with Crippen LogP contribution < -0.4 is 10.6 Å². The van der Waals surface area contributed by atoms with Crippen LogP contribution in [0.1, 0.15) is 32.6 Å². The molecule has 0 bridgehead atoms. The van der Waals surface area contributed by atoms with Crippen molar-refractivity contribution < 1.29 is 9.59 Å². The molecule has 1 aromatic heterocycles. The highest BCUT2D eigenvalue weighted by Gasteiger charge is 2.23. The molecule has 5 nitrogen and oxygen atoms in total. The number of aryl methyl sites for hydroxylation is 2. The zero-order chi connectivity index (χ0) is 22.5. The van der Waals surface area contributed by atoms with Crippen LogP contribution in [0.3, 0.4) is 0 Å². The van der Waals surface area contributed by atoms with Crippen molar-refractivity contribution in [3.05, 3.63) is 107 Å². The number of H-pyrrole nitrogens is 1. The largest absolute Gasteiger partial charge is 0.361 e. The highest BCUT2D eigenvalue weighted by atomic mass is 16.2. The maximum Gasteiger partial charge on any atom is 0.251 e. The van der Waals surface area contributed by atoms with Crippen molar-refractivity contribution in [2.24, 2.45) is 0 Å². The Kier molecular flexibility index (Phi) is 6.36. The SMILES string of the molecule is Cc1cc(C)cc(CNC(=O)[C@H](Cc2c[nH]c3ccccc23)NC(=O)c2ccccc2)c1. The van der Waals surface area contributed by atoms with E-state index in [0.29, 0.717) is 18.5 Å². The zero-order valence-electron chi connectivity index (χ0n) is 18.3. The molecule has 0 spiro atoms. The fourth-order valence-electron chi connectivity index (χ4n) is 4.04. The van der Waals surface area contributed by atoms with E-state index in [0.717, 1.165) is 33.2 Å². The lowest BCUT2D eigenvalue weighted by molar-refractivity contribution is -0.123. The second kappa shape index (κ2) is 9.52. The van der Waals surface area contributed by atoms with Crippen molar-refractivity contribution in [1.82, 2.24) is 15.6 Å². The van der Waals surface area contributed by atoms with E-state index < -0.39 is 6.04 Å². The zero-order valence-corrected chi connectivity index (χ0v) is 18.3. The smallest absolute Gasteiger partial charge is 0.251 e. The minimum Gasteiger partial charge on any atom is -0.361 e. The molecule has 3 N–H and O–H groups in total. The average molecular weight is 426 g/mol. The van der Waals surface area contributed by atoms with Gasteiger partial charge in [0.05, 0.1) is 0 Å². The molecule has 4 aromatic rings. The molecule has 0 saturated carbocycles. The maximum absolute atomic E-state index is 13.2. The van der Waals surface area contributed by atoms with Crippen LogP contribution in [0.4, 0.5) is 0 Å². The number of para-hydroxylation sites is 1. The molecule has 0 aliphatic carbocycles. The first kappa shape index (κ1) is 21.4. The van der Waals surface area contributed by atoms with Crippen LogP contribution in [0.5, 0.6) is 0 Å². The number of fused-ring (bicyclic) bond motifs is 1. The average Bonchev–Trinajstić information content (AvgIpc) is 3.20. The van der Waals surface area contributed by atoms with Crippen LogP contribution in [0.15, 0.2) is 79.0 Å². The van der Waals surface area contributed by atoms with E-state index in [1.54, 1.807) is 12.1 Å². The van der Waals surface area contributed by atoms with Gasteiger partial charge in [0.25, 0.3) is 5.91 Å². The highest BCUT2D eigenvalue weighted by Crippen LogP contribution is 2.19. The molecule has 1 atom stereocenters. The summed E-state index contributed by atoms with van der Waals surface area (Å²) in [6.07, 6.45) is 2.30. The molecule has 0 aliphatic rings. The number of nitrogens with one attached hydrogen (secondary N) is 3. The minimum atomic E-state index is -0.701. The predicted molar refractivity (Wildman–Crippen MR) is 127 cm³/mol. The van der Waals surface area contributed by atoms with Gasteiger partial charge in [-0.25, -0.2) is 0 Å². The lowest BCUT2D eigenvalue weighted by Gasteiger charge is -2.19. The molecule has 1 heterocycles. The molecule has 0 aliphatic heterocycles. The molecule has 0 fully saturated rings. The second-order valence-electron chi connectivity index (χ2n) is 8.17. The quantitative estimate of drug-likeness (QED) is 0.409. The van der Waals surface area contributed by atoms with Crippen LogP contribution in [-0.2, 0) is 17.8 Å². The third-order valence-electron chi connectivity index (χ3n) is 5.50. The van der Waals surface area contributed by atoms with Crippen molar-refractivity contribution in [3.8, 4) is 0 Å². The van der Waals surface area contributed by atoms with Crippen molar-refractivity contribution in [1.29, 1.82) is 0 Å². The van der Waals surface area contributed by atoms with Crippen LogP contribution >= 0.6 is 0 Å². The summed E-state index contributed by atoms with van der Waals surface area (Å²) in [5, 5.41) is 6.99. The third kappa shape index (κ3) is 5.06. The number of benzene rings is 3. The Bertz CT molecular complexity index is 1220. The van der Waals surface area contributed by atoms with E-state index in [1.165, 1.54) is 0 Å². The Morgan fingerprint density at radius 2 is 1.59 bits per heavy atom. The molecular formula is C27H27N3O2. The fourth-order valence-corrected chi connectivity index (χ4v) is 4.04. The highest BCUT2D eigenvalue weighted by molar-refractivity contribution is 5.97. The topological polar surface area (TPSA) is 74.0 Å². The monoisotopic (exact) mass is 425 g/mol. The predicted octanol–water partition coefficient (Wildman–Crippen LogP) is 4.44. The van der Waals surface area contributed by atoms with Gasteiger partial charge < -0.3 is 15.6 Å². The molecule has 2 amide bonds. The lowest BCUT2D eigenvalue weighted by Crippen LogP contribution is -2.47. The summed E-state index contributed by atoms with van der Waals surface area (Å²) in [4.78, 5) is 29.2. The van der Waals surface area contributed by atoms with Gasteiger partial charge in [0.2, 0.25) is 5.91 Å². The fraction of sp³-hybridized carbons (Fsp3) is 0.185. The first-order valence-electron chi connectivity index (χ1n) is 10.8. The molecule has 4 rings (SSSR count). The van der Waals surface area contributed by atoms with Gasteiger partial charge in [0.1, 0.15) is 6.04 Å². The van der Waals surface area contributed by atoms with Crippen LogP contribution in [0.25, 0.3) is 10.9 Å². The van der Waals surface area contributed by atoms with Gasteiger partial charge >= 0.3 is 0 Å². The number of hydrogen-bond acceptors (Lipinski definition) is 2. The van der Waals surface area contributed by atoms with Crippen LogP contribution in [-0.4, -0.2) is 22.8 Å². The maximum atomic E-state index is 13.2. The molecule has 0 radical (unpaired) electrons. The van der Waals surface area contributed by atoms with Crippen molar-refractivity contribution in [2.75, 3.05) is 0 Å². The molecule has 32 heavy (non-hydrogen) atoms. The number of carbonyl (C=O) groups excluding carboxylic acids is 2. The summed E-state index contributed by atoms with van der Waals surface area (Å²) in [6, 6.07) is 22.4. The standard InChI is InChI=1S/C27H27N3O2/c1-18-12-19(2)14-20(13-18)16-29-27(32)25(30-26(31)21-8-4-3-5-9-21)15-22-17-28-24-11-7-6-10-23(22)24/h3-14,17,25,28H,15-16H2,1-2H3,(H,29,32)(H,30,31)/t25-/m0/s1. The van der Waals surface area contributed by atoms with Crippen molar-refractivity contribution >= 4 is 22.7 Å². The van der Waals surface area contributed by atoms with Gasteiger partial charge in [-0.05, 0) is 43.2 Å². The van der Waals surface area contributed by atoms with Gasteiger partial charge in [-0.2, -0.15) is 0 Å². The minimum absolute atomic E-state index is 0.210. The van der Waals surface area contributed by atoms with E-state index in [1.807, 2.05) is 62.5 Å².